The first-order chi connectivity index (χ1) is 8.65. The molecule has 0 aliphatic carbocycles. The molecule has 2 N–H and O–H groups in total. The third kappa shape index (κ3) is 2.75. The molecule has 0 bridgehead atoms. The van der Waals surface area contributed by atoms with Crippen molar-refractivity contribution in [3.05, 3.63) is 17.5 Å². The van der Waals surface area contributed by atoms with Gasteiger partial charge in [-0.1, -0.05) is 13.3 Å². The van der Waals surface area contributed by atoms with E-state index in [2.05, 4.69) is 30.0 Å². The maximum atomic E-state index is 5.92. The average Bonchev–Trinajstić information content (AvgIpc) is 2.72. The number of hydrogen-bond donors (Lipinski definition) is 1. The molecule has 0 amide bonds. The lowest BCUT2D eigenvalue weighted by atomic mass is 9.95. The second kappa shape index (κ2) is 5.85. The van der Waals surface area contributed by atoms with E-state index in [1.165, 1.54) is 30.5 Å². The topological polar surface area (TPSA) is 47.1 Å². The summed E-state index contributed by atoms with van der Waals surface area (Å²) < 4.78 is 1.93. The maximum absolute atomic E-state index is 5.92. The van der Waals surface area contributed by atoms with Crippen molar-refractivity contribution in [3.8, 4) is 0 Å². The minimum atomic E-state index is 0.540. The fraction of sp³-hybridized carbons (Fsp3) is 0.786. The second-order valence-electron chi connectivity index (χ2n) is 5.47. The first-order valence-corrected chi connectivity index (χ1v) is 7.12. The molecule has 4 nitrogen and oxygen atoms in total. The predicted molar refractivity (Wildman–Crippen MR) is 74.3 cm³/mol. The molecule has 2 atom stereocenters. The van der Waals surface area contributed by atoms with Crippen molar-refractivity contribution in [3.63, 3.8) is 0 Å². The van der Waals surface area contributed by atoms with Crippen LogP contribution in [0.15, 0.2) is 6.20 Å². The van der Waals surface area contributed by atoms with Gasteiger partial charge in [0.25, 0.3) is 0 Å². The van der Waals surface area contributed by atoms with E-state index in [1.54, 1.807) is 0 Å². The van der Waals surface area contributed by atoms with Gasteiger partial charge < -0.3 is 5.73 Å². The molecular weight excluding hydrogens is 224 g/mol. The van der Waals surface area contributed by atoms with Crippen molar-refractivity contribution in [1.82, 2.24) is 14.7 Å². The van der Waals surface area contributed by atoms with Gasteiger partial charge in [0, 0.05) is 44.0 Å². The Hall–Kier alpha value is -0.870. The molecule has 0 radical (unpaired) electrons. The van der Waals surface area contributed by atoms with Gasteiger partial charge in [0.15, 0.2) is 0 Å². The molecule has 1 aliphatic rings. The number of rotatable bonds is 4. The highest BCUT2D eigenvalue weighted by Gasteiger charge is 2.27. The van der Waals surface area contributed by atoms with Gasteiger partial charge in [-0.05, 0) is 26.2 Å². The Balaban J connectivity index is 2.14. The summed E-state index contributed by atoms with van der Waals surface area (Å²) in [6, 6.07) is 1.18. The highest BCUT2D eigenvalue weighted by molar-refractivity contribution is 5.17. The Kier molecular flexibility index (Phi) is 4.40. The zero-order chi connectivity index (χ0) is 13.1. The van der Waals surface area contributed by atoms with Gasteiger partial charge >= 0.3 is 0 Å². The van der Waals surface area contributed by atoms with Gasteiger partial charge in [0.2, 0.25) is 0 Å². The van der Waals surface area contributed by atoms with Crippen LogP contribution < -0.4 is 5.73 Å². The minimum absolute atomic E-state index is 0.540. The van der Waals surface area contributed by atoms with E-state index in [4.69, 9.17) is 5.73 Å². The lowest BCUT2D eigenvalue weighted by molar-refractivity contribution is 0.0889. The lowest BCUT2D eigenvalue weighted by Gasteiger charge is -2.40. The van der Waals surface area contributed by atoms with Crippen LogP contribution in [0, 0.1) is 0 Å². The van der Waals surface area contributed by atoms with E-state index >= 15 is 0 Å². The Bertz CT molecular complexity index is 385. The zero-order valence-electron chi connectivity index (χ0n) is 11.9. The van der Waals surface area contributed by atoms with Crippen LogP contribution in [0.25, 0.3) is 0 Å². The van der Waals surface area contributed by atoms with Gasteiger partial charge in [-0.15, -0.1) is 0 Å². The minimum Gasteiger partial charge on any atom is -0.329 e. The molecule has 0 aromatic carbocycles. The largest absolute Gasteiger partial charge is 0.329 e. The molecule has 1 saturated heterocycles. The van der Waals surface area contributed by atoms with E-state index in [0.29, 0.717) is 12.1 Å². The van der Waals surface area contributed by atoms with Crippen LogP contribution in [0.1, 0.15) is 44.4 Å². The van der Waals surface area contributed by atoms with Crippen molar-refractivity contribution in [2.75, 3.05) is 6.54 Å². The number of aryl methyl sites for hydroxylation is 2. The van der Waals surface area contributed by atoms with Gasteiger partial charge in [-0.3, -0.25) is 9.58 Å². The fourth-order valence-corrected chi connectivity index (χ4v) is 3.09. The van der Waals surface area contributed by atoms with E-state index in [0.717, 1.165) is 19.5 Å². The highest BCUT2D eigenvalue weighted by Crippen LogP contribution is 2.25. The lowest BCUT2D eigenvalue weighted by Crippen LogP contribution is -2.48. The van der Waals surface area contributed by atoms with Crippen LogP contribution in [0.3, 0.4) is 0 Å². The quantitative estimate of drug-likeness (QED) is 0.884. The number of aromatic nitrogens is 2. The molecule has 0 saturated carbocycles. The number of piperidine rings is 1. The normalized spacial score (nSPS) is 25.6. The molecule has 2 rings (SSSR count). The number of nitrogens with two attached hydrogens (primary N) is 1. The van der Waals surface area contributed by atoms with E-state index in [1.807, 2.05) is 11.7 Å². The molecule has 1 aromatic rings. The smallest absolute Gasteiger partial charge is 0.0666 e. The van der Waals surface area contributed by atoms with Crippen LogP contribution in [0.4, 0.5) is 0 Å². The highest BCUT2D eigenvalue weighted by atomic mass is 15.3. The molecule has 18 heavy (non-hydrogen) atoms. The SMILES string of the molecule is CCc1nn(C)cc1CN1C(C)CCCC1CN. The first-order valence-electron chi connectivity index (χ1n) is 7.12. The van der Waals surface area contributed by atoms with Crippen molar-refractivity contribution in [1.29, 1.82) is 0 Å². The Morgan fingerprint density at radius 2 is 2.22 bits per heavy atom. The van der Waals surface area contributed by atoms with Gasteiger partial charge in [-0.2, -0.15) is 5.10 Å². The molecule has 4 heteroatoms. The summed E-state index contributed by atoms with van der Waals surface area (Å²) in [5, 5.41) is 4.53. The second-order valence-corrected chi connectivity index (χ2v) is 5.47. The summed E-state index contributed by atoms with van der Waals surface area (Å²) in [5.41, 5.74) is 8.52. The summed E-state index contributed by atoms with van der Waals surface area (Å²) in [6.07, 6.45) is 7.01. The Morgan fingerprint density at radius 3 is 2.89 bits per heavy atom. The summed E-state index contributed by atoms with van der Waals surface area (Å²) in [5.74, 6) is 0. The van der Waals surface area contributed by atoms with Crippen LogP contribution in [-0.2, 0) is 20.0 Å². The van der Waals surface area contributed by atoms with Crippen LogP contribution in [-0.4, -0.2) is 33.3 Å². The summed E-state index contributed by atoms with van der Waals surface area (Å²) in [4.78, 5) is 2.57. The van der Waals surface area contributed by atoms with Crippen molar-refractivity contribution >= 4 is 0 Å². The number of nitrogens with zero attached hydrogens (tertiary/aromatic N) is 3. The number of likely N-dealkylation sites (tertiary alicyclic amines) is 1. The molecule has 2 unspecified atom stereocenters. The molecule has 0 spiro atoms. The molecular formula is C14H26N4. The fourth-order valence-electron chi connectivity index (χ4n) is 3.09. The van der Waals surface area contributed by atoms with E-state index < -0.39 is 0 Å². The zero-order valence-corrected chi connectivity index (χ0v) is 11.9. The summed E-state index contributed by atoms with van der Waals surface area (Å²) >= 11 is 0. The van der Waals surface area contributed by atoms with Gasteiger partial charge in [-0.25, -0.2) is 0 Å². The third-order valence-corrected chi connectivity index (χ3v) is 4.15. The maximum Gasteiger partial charge on any atom is 0.0666 e. The van der Waals surface area contributed by atoms with E-state index in [-0.39, 0.29) is 0 Å². The Morgan fingerprint density at radius 1 is 1.44 bits per heavy atom. The predicted octanol–water partition coefficient (Wildman–Crippen LogP) is 1.68. The van der Waals surface area contributed by atoms with Crippen LogP contribution in [0.5, 0.6) is 0 Å². The van der Waals surface area contributed by atoms with E-state index in [9.17, 15) is 0 Å². The molecule has 2 heterocycles. The summed E-state index contributed by atoms with van der Waals surface area (Å²) in [6.45, 7) is 6.27. The van der Waals surface area contributed by atoms with Crippen molar-refractivity contribution in [2.45, 2.75) is 58.2 Å². The first kappa shape index (κ1) is 13.6. The monoisotopic (exact) mass is 250 g/mol. The van der Waals surface area contributed by atoms with Crippen molar-refractivity contribution in [2.24, 2.45) is 12.8 Å². The average molecular weight is 250 g/mol. The third-order valence-electron chi connectivity index (χ3n) is 4.15. The standard InChI is InChI=1S/C14H26N4/c1-4-14-12(9-17(3)16-14)10-18-11(2)6-5-7-13(18)8-15/h9,11,13H,4-8,10,15H2,1-3H3. The van der Waals surface area contributed by atoms with Gasteiger partial charge in [0.05, 0.1) is 5.69 Å². The molecule has 102 valence electrons. The molecule has 1 aliphatic heterocycles. The summed E-state index contributed by atoms with van der Waals surface area (Å²) in [7, 11) is 2.00. The van der Waals surface area contributed by atoms with Gasteiger partial charge in [0.1, 0.15) is 0 Å². The molecule has 1 fully saturated rings. The van der Waals surface area contributed by atoms with Crippen LogP contribution in [0.2, 0.25) is 0 Å². The Labute approximate surface area is 110 Å². The van der Waals surface area contributed by atoms with Crippen LogP contribution >= 0.6 is 0 Å². The molecule has 1 aromatic heterocycles. The number of hydrogen-bond acceptors (Lipinski definition) is 3. The van der Waals surface area contributed by atoms with Crippen molar-refractivity contribution < 1.29 is 0 Å².